The van der Waals surface area contributed by atoms with Gasteiger partial charge in [-0.2, -0.15) is 0 Å². The van der Waals surface area contributed by atoms with E-state index in [0.29, 0.717) is 29.0 Å². The Morgan fingerprint density at radius 2 is 1.82 bits per heavy atom. The van der Waals surface area contributed by atoms with Gasteiger partial charge in [0.1, 0.15) is 0 Å². The minimum atomic E-state index is -0.154. The molecule has 2 rings (SSSR count). The molecule has 0 radical (unpaired) electrons. The van der Waals surface area contributed by atoms with E-state index in [1.54, 1.807) is 12.1 Å². The van der Waals surface area contributed by atoms with Crippen LogP contribution in [0.2, 0.25) is 5.02 Å². The molecule has 0 saturated heterocycles. The number of carbonyl (C=O) groups excluding carboxylic acids is 1. The lowest BCUT2D eigenvalue weighted by atomic mass is 10.1. The lowest BCUT2D eigenvalue weighted by molar-refractivity contribution is 0.0951. The molecule has 1 heterocycles. The SMILES string of the molecule is CC(C)CCNC(=O)c1cnc(Nc2ccc(Cl)cc2)nc1. The molecule has 0 spiro atoms. The largest absolute Gasteiger partial charge is 0.352 e. The summed E-state index contributed by atoms with van der Waals surface area (Å²) in [6.45, 7) is 4.89. The molecule has 6 heteroatoms. The first-order valence-electron chi connectivity index (χ1n) is 7.17. The van der Waals surface area contributed by atoms with E-state index in [0.717, 1.165) is 12.1 Å². The van der Waals surface area contributed by atoms with Crippen molar-refractivity contribution in [3.8, 4) is 0 Å². The van der Waals surface area contributed by atoms with Gasteiger partial charge < -0.3 is 10.6 Å². The number of hydrogen-bond acceptors (Lipinski definition) is 4. The fourth-order valence-corrected chi connectivity index (χ4v) is 1.87. The molecule has 22 heavy (non-hydrogen) atoms. The number of hydrogen-bond donors (Lipinski definition) is 2. The highest BCUT2D eigenvalue weighted by atomic mass is 35.5. The molecule has 0 fully saturated rings. The number of aromatic nitrogens is 2. The normalized spacial score (nSPS) is 10.5. The second-order valence-electron chi connectivity index (χ2n) is 5.37. The number of rotatable bonds is 6. The topological polar surface area (TPSA) is 66.9 Å². The van der Waals surface area contributed by atoms with E-state index in [9.17, 15) is 4.79 Å². The van der Waals surface area contributed by atoms with Crippen LogP contribution in [0.5, 0.6) is 0 Å². The molecule has 0 bridgehead atoms. The van der Waals surface area contributed by atoms with Crippen LogP contribution in [0.25, 0.3) is 0 Å². The zero-order valence-corrected chi connectivity index (χ0v) is 13.4. The van der Waals surface area contributed by atoms with Crippen molar-refractivity contribution in [2.45, 2.75) is 20.3 Å². The zero-order chi connectivity index (χ0) is 15.9. The molecule has 1 aromatic heterocycles. The van der Waals surface area contributed by atoms with E-state index < -0.39 is 0 Å². The van der Waals surface area contributed by atoms with Crippen LogP contribution in [0.4, 0.5) is 11.6 Å². The molecular formula is C16H19ClN4O. The Hall–Kier alpha value is -2.14. The minimum absolute atomic E-state index is 0.154. The van der Waals surface area contributed by atoms with E-state index in [1.165, 1.54) is 12.4 Å². The van der Waals surface area contributed by atoms with Crippen molar-refractivity contribution < 1.29 is 4.79 Å². The highest BCUT2D eigenvalue weighted by molar-refractivity contribution is 6.30. The van der Waals surface area contributed by atoms with Gasteiger partial charge in [0, 0.05) is 29.6 Å². The third kappa shape index (κ3) is 5.00. The van der Waals surface area contributed by atoms with Gasteiger partial charge >= 0.3 is 0 Å². The van der Waals surface area contributed by atoms with Gasteiger partial charge in [-0.1, -0.05) is 25.4 Å². The Morgan fingerprint density at radius 1 is 1.18 bits per heavy atom. The van der Waals surface area contributed by atoms with Crippen LogP contribution in [0.3, 0.4) is 0 Å². The maximum Gasteiger partial charge on any atom is 0.254 e. The maximum atomic E-state index is 11.9. The van der Waals surface area contributed by atoms with Gasteiger partial charge in [-0.05, 0) is 36.6 Å². The van der Waals surface area contributed by atoms with Gasteiger partial charge in [0.25, 0.3) is 5.91 Å². The monoisotopic (exact) mass is 318 g/mol. The molecule has 1 aromatic carbocycles. The summed E-state index contributed by atoms with van der Waals surface area (Å²) in [4.78, 5) is 20.2. The smallest absolute Gasteiger partial charge is 0.254 e. The van der Waals surface area contributed by atoms with Crippen LogP contribution < -0.4 is 10.6 Å². The molecule has 116 valence electrons. The molecule has 0 atom stereocenters. The Morgan fingerprint density at radius 3 is 2.41 bits per heavy atom. The summed E-state index contributed by atoms with van der Waals surface area (Å²) < 4.78 is 0. The summed E-state index contributed by atoms with van der Waals surface area (Å²) in [7, 11) is 0. The van der Waals surface area contributed by atoms with Gasteiger partial charge in [0.2, 0.25) is 5.95 Å². The molecule has 2 N–H and O–H groups in total. The number of nitrogens with one attached hydrogen (secondary N) is 2. The number of halogens is 1. The van der Waals surface area contributed by atoms with E-state index >= 15 is 0 Å². The molecule has 0 aliphatic heterocycles. The van der Waals surface area contributed by atoms with Crippen molar-refractivity contribution in [1.29, 1.82) is 0 Å². The summed E-state index contributed by atoms with van der Waals surface area (Å²) in [5.41, 5.74) is 1.28. The molecule has 0 aliphatic carbocycles. The summed E-state index contributed by atoms with van der Waals surface area (Å²) in [5, 5.41) is 6.56. The third-order valence-corrected chi connectivity index (χ3v) is 3.27. The van der Waals surface area contributed by atoms with Crippen LogP contribution >= 0.6 is 11.6 Å². The van der Waals surface area contributed by atoms with Crippen molar-refractivity contribution in [2.24, 2.45) is 5.92 Å². The predicted molar refractivity (Wildman–Crippen MR) is 88.6 cm³/mol. The summed E-state index contributed by atoms with van der Waals surface area (Å²) in [5.74, 6) is 0.835. The second-order valence-corrected chi connectivity index (χ2v) is 5.80. The fourth-order valence-electron chi connectivity index (χ4n) is 1.75. The molecule has 0 saturated carbocycles. The second kappa shape index (κ2) is 7.75. The third-order valence-electron chi connectivity index (χ3n) is 3.02. The van der Waals surface area contributed by atoms with Crippen LogP contribution in [0.1, 0.15) is 30.6 Å². The Kier molecular flexibility index (Phi) is 5.72. The standard InChI is InChI=1S/C16H19ClN4O/c1-11(2)7-8-18-15(22)12-9-19-16(20-10-12)21-14-5-3-13(17)4-6-14/h3-6,9-11H,7-8H2,1-2H3,(H,18,22)(H,19,20,21). The molecule has 2 aromatic rings. The van der Waals surface area contributed by atoms with Gasteiger partial charge in [-0.15, -0.1) is 0 Å². The van der Waals surface area contributed by atoms with E-state index in [1.807, 2.05) is 12.1 Å². The van der Waals surface area contributed by atoms with Crippen molar-refractivity contribution in [1.82, 2.24) is 15.3 Å². The van der Waals surface area contributed by atoms with E-state index in [4.69, 9.17) is 11.6 Å². The molecule has 0 unspecified atom stereocenters. The van der Waals surface area contributed by atoms with E-state index in [2.05, 4.69) is 34.4 Å². The van der Waals surface area contributed by atoms with Crippen LogP contribution in [-0.4, -0.2) is 22.4 Å². The Bertz CT molecular complexity index is 611. The lowest BCUT2D eigenvalue weighted by Gasteiger charge is -2.08. The number of amides is 1. The Balaban J connectivity index is 1.92. The van der Waals surface area contributed by atoms with Gasteiger partial charge in [-0.3, -0.25) is 4.79 Å². The quantitative estimate of drug-likeness (QED) is 0.853. The van der Waals surface area contributed by atoms with Gasteiger partial charge in [-0.25, -0.2) is 9.97 Å². The molecule has 1 amide bonds. The van der Waals surface area contributed by atoms with E-state index in [-0.39, 0.29) is 5.91 Å². The van der Waals surface area contributed by atoms with Crippen molar-refractivity contribution in [2.75, 3.05) is 11.9 Å². The van der Waals surface area contributed by atoms with Gasteiger partial charge in [0.15, 0.2) is 0 Å². The summed E-state index contributed by atoms with van der Waals surface area (Å²) in [6.07, 6.45) is 3.97. The van der Waals surface area contributed by atoms with Crippen LogP contribution in [-0.2, 0) is 0 Å². The minimum Gasteiger partial charge on any atom is -0.352 e. The first-order chi connectivity index (χ1) is 10.5. The maximum absolute atomic E-state index is 11.9. The van der Waals surface area contributed by atoms with Crippen molar-refractivity contribution in [3.63, 3.8) is 0 Å². The van der Waals surface area contributed by atoms with Crippen molar-refractivity contribution >= 4 is 29.1 Å². The molecule has 0 aliphatic rings. The fraction of sp³-hybridized carbons (Fsp3) is 0.312. The summed E-state index contributed by atoms with van der Waals surface area (Å²) in [6, 6.07) is 7.22. The lowest BCUT2D eigenvalue weighted by Crippen LogP contribution is -2.25. The van der Waals surface area contributed by atoms with Crippen LogP contribution in [0, 0.1) is 5.92 Å². The molecular weight excluding hydrogens is 300 g/mol. The first kappa shape index (κ1) is 16.2. The number of benzene rings is 1. The Labute approximate surface area is 135 Å². The van der Waals surface area contributed by atoms with Crippen LogP contribution in [0.15, 0.2) is 36.7 Å². The zero-order valence-electron chi connectivity index (χ0n) is 12.6. The summed E-state index contributed by atoms with van der Waals surface area (Å²) >= 11 is 5.83. The number of nitrogens with zero attached hydrogens (tertiary/aromatic N) is 2. The van der Waals surface area contributed by atoms with Gasteiger partial charge in [0.05, 0.1) is 5.56 Å². The highest BCUT2D eigenvalue weighted by Gasteiger charge is 2.07. The molecule has 5 nitrogen and oxygen atoms in total. The number of anilines is 2. The first-order valence-corrected chi connectivity index (χ1v) is 7.55. The highest BCUT2D eigenvalue weighted by Crippen LogP contribution is 2.16. The predicted octanol–water partition coefficient (Wildman–Crippen LogP) is 3.65. The van der Waals surface area contributed by atoms with Crippen molar-refractivity contribution in [3.05, 3.63) is 47.2 Å². The number of carbonyl (C=O) groups is 1. The average molecular weight is 319 g/mol. The average Bonchev–Trinajstić information content (AvgIpc) is 2.50.